The monoisotopic (exact) mass is 428 g/mol. The van der Waals surface area contributed by atoms with Gasteiger partial charge in [0.15, 0.2) is 5.76 Å². The van der Waals surface area contributed by atoms with Gasteiger partial charge in [-0.2, -0.15) is 0 Å². The zero-order valence-corrected chi connectivity index (χ0v) is 18.3. The van der Waals surface area contributed by atoms with Crippen LogP contribution in [0.1, 0.15) is 44.1 Å². The van der Waals surface area contributed by atoms with Crippen molar-refractivity contribution in [2.45, 2.75) is 63.4 Å². The van der Waals surface area contributed by atoms with Gasteiger partial charge in [-0.05, 0) is 39.5 Å². The number of carbonyl (C=O) groups excluding carboxylic acids is 1. The van der Waals surface area contributed by atoms with Crippen molar-refractivity contribution in [3.05, 3.63) is 11.5 Å². The smallest absolute Gasteiger partial charge is 0.246 e. The quantitative estimate of drug-likeness (QED) is 0.692. The normalized spacial score (nSPS) is 19.8. The number of sulfonamides is 1. The Morgan fingerprint density at radius 1 is 1.17 bits per heavy atom. The van der Waals surface area contributed by atoms with Gasteiger partial charge in [0.1, 0.15) is 10.6 Å². The molecule has 0 aliphatic carbocycles. The maximum absolute atomic E-state index is 12.7. The minimum Gasteiger partial charge on any atom is -0.381 e. The summed E-state index contributed by atoms with van der Waals surface area (Å²) < 4.78 is 38.6. The molecule has 2 aliphatic rings. The van der Waals surface area contributed by atoms with Crippen molar-refractivity contribution in [1.82, 2.24) is 19.7 Å². The van der Waals surface area contributed by atoms with E-state index in [1.807, 2.05) is 4.90 Å². The molecule has 3 heterocycles. The van der Waals surface area contributed by atoms with Crippen LogP contribution in [0.5, 0.6) is 0 Å². The largest absolute Gasteiger partial charge is 0.381 e. The molecule has 10 heteroatoms. The molecule has 0 atom stereocenters. The first-order valence-electron chi connectivity index (χ1n) is 10.3. The van der Waals surface area contributed by atoms with Gasteiger partial charge < -0.3 is 14.2 Å². The number of hydrogen-bond donors (Lipinski definition) is 1. The molecule has 0 bridgehead atoms. The summed E-state index contributed by atoms with van der Waals surface area (Å²) in [5, 5.41) is 3.74. The summed E-state index contributed by atoms with van der Waals surface area (Å²) >= 11 is 0. The van der Waals surface area contributed by atoms with Gasteiger partial charge in [0.2, 0.25) is 15.9 Å². The summed E-state index contributed by atoms with van der Waals surface area (Å²) in [5.41, 5.74) is 0.368. The Labute approximate surface area is 172 Å². The van der Waals surface area contributed by atoms with Crippen LogP contribution in [0.2, 0.25) is 0 Å². The van der Waals surface area contributed by atoms with E-state index in [-0.39, 0.29) is 10.8 Å². The summed E-state index contributed by atoms with van der Waals surface area (Å²) in [6.07, 6.45) is 3.72. The maximum Gasteiger partial charge on any atom is 0.246 e. The summed E-state index contributed by atoms with van der Waals surface area (Å²) in [4.78, 5) is 16.1. The topological polar surface area (TPSA) is 105 Å². The molecule has 1 aromatic heterocycles. The highest BCUT2D eigenvalue weighted by molar-refractivity contribution is 7.89. The van der Waals surface area contributed by atoms with Crippen LogP contribution in [0.4, 0.5) is 0 Å². The van der Waals surface area contributed by atoms with Crippen LogP contribution in [0.15, 0.2) is 9.42 Å². The van der Waals surface area contributed by atoms with Crippen LogP contribution in [0.3, 0.4) is 0 Å². The minimum atomic E-state index is -3.67. The van der Waals surface area contributed by atoms with E-state index in [1.165, 1.54) is 0 Å². The van der Waals surface area contributed by atoms with E-state index in [1.54, 1.807) is 20.8 Å². The molecule has 0 saturated carbocycles. The molecule has 164 valence electrons. The first kappa shape index (κ1) is 22.2. The molecule has 9 nitrogen and oxygen atoms in total. The van der Waals surface area contributed by atoms with Gasteiger partial charge in [-0.15, -0.1) is 0 Å². The third kappa shape index (κ3) is 5.36. The van der Waals surface area contributed by atoms with Crippen molar-refractivity contribution in [2.75, 3.05) is 39.4 Å². The number of nitrogens with one attached hydrogen (secondary N) is 1. The Morgan fingerprint density at radius 2 is 1.79 bits per heavy atom. The Bertz CT molecular complexity index is 776. The highest BCUT2D eigenvalue weighted by Crippen LogP contribution is 2.24. The van der Waals surface area contributed by atoms with Gasteiger partial charge in [0.25, 0.3) is 0 Å². The van der Waals surface area contributed by atoms with Crippen molar-refractivity contribution in [3.8, 4) is 0 Å². The van der Waals surface area contributed by atoms with Crippen LogP contribution < -0.4 is 4.72 Å². The predicted molar refractivity (Wildman–Crippen MR) is 107 cm³/mol. The summed E-state index contributed by atoms with van der Waals surface area (Å²) in [5.74, 6) is 0.418. The van der Waals surface area contributed by atoms with Crippen LogP contribution in [-0.2, 0) is 19.6 Å². The number of likely N-dealkylation sites (tertiary alicyclic amines) is 1. The molecule has 0 spiro atoms. The first-order chi connectivity index (χ1) is 13.8. The first-order valence-corrected chi connectivity index (χ1v) is 11.8. The molecule has 1 N–H and O–H groups in total. The number of aromatic nitrogens is 1. The van der Waals surface area contributed by atoms with E-state index in [2.05, 4.69) is 14.8 Å². The number of hydrogen-bond acceptors (Lipinski definition) is 7. The molecule has 2 saturated heterocycles. The Morgan fingerprint density at radius 3 is 2.34 bits per heavy atom. The van der Waals surface area contributed by atoms with E-state index in [4.69, 9.17) is 9.26 Å². The van der Waals surface area contributed by atoms with Gasteiger partial charge in [-0.25, -0.2) is 13.1 Å². The Hall–Kier alpha value is -1.49. The van der Waals surface area contributed by atoms with Crippen molar-refractivity contribution >= 4 is 15.9 Å². The van der Waals surface area contributed by atoms with Gasteiger partial charge in [0.05, 0.1) is 0 Å². The van der Waals surface area contributed by atoms with Crippen LogP contribution >= 0.6 is 0 Å². The second kappa shape index (κ2) is 9.55. The van der Waals surface area contributed by atoms with Gasteiger partial charge in [0, 0.05) is 58.4 Å². The van der Waals surface area contributed by atoms with Crippen LogP contribution in [0, 0.1) is 13.8 Å². The lowest BCUT2D eigenvalue weighted by molar-refractivity contribution is -0.130. The number of nitrogens with zero attached hydrogens (tertiary/aromatic N) is 3. The van der Waals surface area contributed by atoms with Crippen LogP contribution in [-0.4, -0.2) is 80.8 Å². The molecule has 0 unspecified atom stereocenters. The average Bonchev–Trinajstić information content (AvgIpc) is 3.05. The van der Waals surface area contributed by atoms with Crippen molar-refractivity contribution in [3.63, 3.8) is 0 Å². The lowest BCUT2D eigenvalue weighted by atomic mass is 9.98. The molecular formula is C19H32N4O5S. The third-order valence-corrected chi connectivity index (χ3v) is 7.64. The van der Waals surface area contributed by atoms with E-state index < -0.39 is 10.0 Å². The summed E-state index contributed by atoms with van der Waals surface area (Å²) in [6.45, 7) is 8.76. The zero-order chi connectivity index (χ0) is 21.0. The maximum atomic E-state index is 12.7. The fourth-order valence-corrected chi connectivity index (χ4v) is 5.78. The minimum absolute atomic E-state index is 0.119. The second-order valence-electron chi connectivity index (χ2n) is 7.87. The van der Waals surface area contributed by atoms with Gasteiger partial charge >= 0.3 is 0 Å². The number of carbonyl (C=O) groups is 1. The lowest BCUT2D eigenvalue weighted by Crippen LogP contribution is -2.53. The standard InChI is InChI=1S/C19H32N4O5S/c1-14-19(15(2)28-21-14)29(25,26)20-8-11-23(18-6-12-27-13-7-18)17-4-9-22(10-5-17)16(3)24/h17-18,20H,4-13H2,1-3H3. The molecule has 0 radical (unpaired) electrons. The Balaban J connectivity index is 1.64. The Kier molecular flexibility index (Phi) is 7.31. The highest BCUT2D eigenvalue weighted by atomic mass is 32.2. The average molecular weight is 429 g/mol. The molecule has 2 aliphatic heterocycles. The fraction of sp³-hybridized carbons (Fsp3) is 0.789. The molecule has 0 aromatic carbocycles. The van der Waals surface area contributed by atoms with E-state index in [9.17, 15) is 13.2 Å². The number of piperidine rings is 1. The molecular weight excluding hydrogens is 396 g/mol. The van der Waals surface area contributed by atoms with Gasteiger partial charge in [-0.3, -0.25) is 9.69 Å². The third-order valence-electron chi connectivity index (χ3n) is 5.94. The molecule has 1 amide bonds. The zero-order valence-electron chi connectivity index (χ0n) is 17.5. The second-order valence-corrected chi connectivity index (χ2v) is 9.57. The van der Waals surface area contributed by atoms with E-state index >= 15 is 0 Å². The summed E-state index contributed by atoms with van der Waals surface area (Å²) in [6, 6.07) is 0.721. The van der Waals surface area contributed by atoms with Crippen LogP contribution in [0.25, 0.3) is 0 Å². The SMILES string of the molecule is CC(=O)N1CCC(N(CCNS(=O)(=O)c2c(C)noc2C)C2CCOCC2)CC1. The molecule has 29 heavy (non-hydrogen) atoms. The fourth-order valence-electron chi connectivity index (χ4n) is 4.43. The molecule has 2 fully saturated rings. The lowest BCUT2D eigenvalue weighted by Gasteiger charge is -2.43. The number of ether oxygens (including phenoxy) is 1. The van der Waals surface area contributed by atoms with Crippen molar-refractivity contribution in [2.24, 2.45) is 0 Å². The highest BCUT2D eigenvalue weighted by Gasteiger charge is 2.32. The molecule has 3 rings (SSSR count). The van der Waals surface area contributed by atoms with Crippen molar-refractivity contribution in [1.29, 1.82) is 0 Å². The van der Waals surface area contributed by atoms with E-state index in [0.717, 1.165) is 52.0 Å². The number of amides is 1. The predicted octanol–water partition coefficient (Wildman–Crippen LogP) is 1.06. The number of rotatable bonds is 7. The van der Waals surface area contributed by atoms with E-state index in [0.29, 0.717) is 36.6 Å². The van der Waals surface area contributed by atoms with Gasteiger partial charge in [-0.1, -0.05) is 5.16 Å². The summed E-state index contributed by atoms with van der Waals surface area (Å²) in [7, 11) is -3.67. The molecule has 1 aromatic rings. The van der Waals surface area contributed by atoms with Crippen molar-refractivity contribution < 1.29 is 22.5 Å². The number of aryl methyl sites for hydroxylation is 2.